The van der Waals surface area contributed by atoms with Crippen LogP contribution < -0.4 is 0 Å². The third-order valence-corrected chi connectivity index (χ3v) is 4.14. The summed E-state index contributed by atoms with van der Waals surface area (Å²) in [4.78, 5) is 24.6. The molecule has 0 atom stereocenters. The smallest absolute Gasteiger partial charge is 0.288 e. The second-order valence-electron chi connectivity index (χ2n) is 5.06. The quantitative estimate of drug-likeness (QED) is 0.646. The Balaban J connectivity index is 2.27. The molecule has 0 saturated heterocycles. The Labute approximate surface area is 127 Å². The van der Waals surface area contributed by atoms with Crippen molar-refractivity contribution in [1.82, 2.24) is 4.90 Å². The van der Waals surface area contributed by atoms with Crippen LogP contribution >= 0.6 is 11.6 Å². The van der Waals surface area contributed by atoms with Gasteiger partial charge in [-0.05, 0) is 31.7 Å². The van der Waals surface area contributed by atoms with Gasteiger partial charge in [-0.2, -0.15) is 0 Å². The van der Waals surface area contributed by atoms with Gasteiger partial charge in [-0.25, -0.2) is 0 Å². The number of halogens is 1. The first-order valence-corrected chi connectivity index (χ1v) is 7.28. The van der Waals surface area contributed by atoms with Gasteiger partial charge in [0, 0.05) is 25.3 Å². The maximum absolute atomic E-state index is 12.6. The number of aliphatic hydroxyl groups excluding tert-OH is 1. The van der Waals surface area contributed by atoms with E-state index in [0.29, 0.717) is 13.0 Å². The zero-order valence-electron chi connectivity index (χ0n) is 11.5. The highest BCUT2D eigenvalue weighted by Gasteiger charge is 2.31. The molecule has 1 amide bonds. The fourth-order valence-corrected chi connectivity index (χ4v) is 2.65. The van der Waals surface area contributed by atoms with Crippen LogP contribution in [-0.4, -0.2) is 40.0 Å². The molecule has 1 fully saturated rings. The van der Waals surface area contributed by atoms with Crippen molar-refractivity contribution in [2.75, 3.05) is 13.2 Å². The van der Waals surface area contributed by atoms with Crippen LogP contribution in [0.5, 0.6) is 0 Å². The molecule has 0 aromatic heterocycles. The number of hydrogen-bond acceptors (Lipinski definition) is 4. The molecule has 0 aliphatic heterocycles. The van der Waals surface area contributed by atoms with E-state index >= 15 is 0 Å². The Morgan fingerprint density at radius 2 is 2.19 bits per heavy atom. The summed E-state index contributed by atoms with van der Waals surface area (Å²) < 4.78 is 0. The molecule has 1 saturated carbocycles. The molecule has 2 rings (SSSR count). The molecule has 0 heterocycles. The fourth-order valence-electron chi connectivity index (χ4n) is 2.37. The lowest BCUT2D eigenvalue weighted by atomic mass is 9.90. The highest BCUT2D eigenvalue weighted by Crippen LogP contribution is 2.31. The summed E-state index contributed by atoms with van der Waals surface area (Å²) >= 11 is 6.00. The van der Waals surface area contributed by atoms with Crippen LogP contribution in [0.1, 0.15) is 36.0 Å². The molecule has 0 unspecified atom stereocenters. The SMILES string of the molecule is O=C(c1cccc([N+](=O)[O-])c1Cl)N(CCCO)C1CCC1. The van der Waals surface area contributed by atoms with Crippen molar-refractivity contribution in [3.63, 3.8) is 0 Å². The van der Waals surface area contributed by atoms with Crippen LogP contribution in [0.4, 0.5) is 5.69 Å². The van der Waals surface area contributed by atoms with E-state index in [1.165, 1.54) is 18.2 Å². The van der Waals surface area contributed by atoms with E-state index in [1.54, 1.807) is 4.90 Å². The Morgan fingerprint density at radius 3 is 2.71 bits per heavy atom. The van der Waals surface area contributed by atoms with Gasteiger partial charge in [-0.3, -0.25) is 14.9 Å². The molecule has 1 N–H and O–H groups in total. The molecule has 1 aromatic rings. The summed E-state index contributed by atoms with van der Waals surface area (Å²) in [6, 6.07) is 4.38. The molecule has 6 nitrogen and oxygen atoms in total. The van der Waals surface area contributed by atoms with Gasteiger partial charge < -0.3 is 10.0 Å². The van der Waals surface area contributed by atoms with E-state index in [-0.39, 0.29) is 34.8 Å². The van der Waals surface area contributed by atoms with Crippen LogP contribution in [0.15, 0.2) is 18.2 Å². The first-order valence-electron chi connectivity index (χ1n) is 6.91. The van der Waals surface area contributed by atoms with Crippen LogP contribution in [0.25, 0.3) is 0 Å². The summed E-state index contributed by atoms with van der Waals surface area (Å²) in [6.45, 7) is 0.429. The second-order valence-corrected chi connectivity index (χ2v) is 5.43. The van der Waals surface area contributed by atoms with Crippen molar-refractivity contribution in [2.45, 2.75) is 31.7 Å². The molecular formula is C14H17ClN2O4. The second kappa shape index (κ2) is 6.87. The Kier molecular flexibility index (Phi) is 5.14. The third-order valence-electron chi connectivity index (χ3n) is 3.74. The lowest BCUT2D eigenvalue weighted by molar-refractivity contribution is -0.384. The zero-order chi connectivity index (χ0) is 15.4. The maximum atomic E-state index is 12.6. The molecule has 0 spiro atoms. The summed E-state index contributed by atoms with van der Waals surface area (Å²) in [6.07, 6.45) is 3.39. The van der Waals surface area contributed by atoms with Crippen molar-refractivity contribution >= 4 is 23.2 Å². The van der Waals surface area contributed by atoms with Gasteiger partial charge in [-0.1, -0.05) is 17.7 Å². The number of nitrogens with zero attached hydrogens (tertiary/aromatic N) is 2. The minimum Gasteiger partial charge on any atom is -0.396 e. The molecule has 0 radical (unpaired) electrons. The van der Waals surface area contributed by atoms with Crippen LogP contribution in [0.3, 0.4) is 0 Å². The predicted octanol–water partition coefficient (Wildman–Crippen LogP) is 2.63. The lowest BCUT2D eigenvalue weighted by Crippen LogP contribution is -2.45. The van der Waals surface area contributed by atoms with E-state index in [9.17, 15) is 14.9 Å². The number of nitro groups is 1. The molecule has 114 valence electrons. The zero-order valence-corrected chi connectivity index (χ0v) is 12.3. The minimum atomic E-state index is -0.597. The standard InChI is InChI=1S/C14H17ClN2O4/c15-13-11(6-2-7-12(13)17(20)21)14(19)16(8-3-9-18)10-4-1-5-10/h2,6-7,10,18H,1,3-5,8-9H2. The van der Waals surface area contributed by atoms with Crippen molar-refractivity contribution in [2.24, 2.45) is 0 Å². The number of aliphatic hydroxyl groups is 1. The van der Waals surface area contributed by atoms with E-state index < -0.39 is 4.92 Å². The number of benzene rings is 1. The van der Waals surface area contributed by atoms with Crippen molar-refractivity contribution < 1.29 is 14.8 Å². The lowest BCUT2D eigenvalue weighted by Gasteiger charge is -2.37. The van der Waals surface area contributed by atoms with Crippen molar-refractivity contribution in [1.29, 1.82) is 0 Å². The van der Waals surface area contributed by atoms with E-state index in [2.05, 4.69) is 0 Å². The van der Waals surface area contributed by atoms with E-state index in [4.69, 9.17) is 16.7 Å². The van der Waals surface area contributed by atoms with Gasteiger partial charge in [0.2, 0.25) is 0 Å². The van der Waals surface area contributed by atoms with Crippen LogP contribution in [0.2, 0.25) is 5.02 Å². The third kappa shape index (κ3) is 3.33. The number of carbonyl (C=O) groups excluding carboxylic acids is 1. The molecule has 7 heteroatoms. The number of rotatable bonds is 6. The average molecular weight is 313 g/mol. The van der Waals surface area contributed by atoms with E-state index in [0.717, 1.165) is 19.3 Å². The summed E-state index contributed by atoms with van der Waals surface area (Å²) in [5.41, 5.74) is -0.117. The Morgan fingerprint density at radius 1 is 1.48 bits per heavy atom. The largest absolute Gasteiger partial charge is 0.396 e. The normalized spacial score (nSPS) is 14.6. The summed E-state index contributed by atoms with van der Waals surface area (Å²) in [5.74, 6) is -0.304. The van der Waals surface area contributed by atoms with Gasteiger partial charge >= 0.3 is 0 Å². The minimum absolute atomic E-state index is 0.000824. The monoisotopic (exact) mass is 312 g/mol. The topological polar surface area (TPSA) is 83.7 Å². The Hall–Kier alpha value is -1.66. The molecule has 1 aliphatic carbocycles. The first-order chi connectivity index (χ1) is 10.1. The number of carbonyl (C=O) groups is 1. The van der Waals surface area contributed by atoms with Crippen molar-refractivity contribution in [3.05, 3.63) is 38.9 Å². The number of hydrogen-bond donors (Lipinski definition) is 1. The fraction of sp³-hybridized carbons (Fsp3) is 0.500. The molecule has 1 aliphatic rings. The highest BCUT2D eigenvalue weighted by molar-refractivity contribution is 6.35. The van der Waals surface area contributed by atoms with Crippen LogP contribution in [0, 0.1) is 10.1 Å². The molecule has 1 aromatic carbocycles. The Bertz CT molecular complexity index is 546. The molecular weight excluding hydrogens is 296 g/mol. The van der Waals surface area contributed by atoms with Crippen LogP contribution in [-0.2, 0) is 0 Å². The molecule has 21 heavy (non-hydrogen) atoms. The van der Waals surface area contributed by atoms with Gasteiger partial charge in [0.05, 0.1) is 10.5 Å². The number of nitro benzene ring substituents is 1. The predicted molar refractivity (Wildman–Crippen MR) is 78.5 cm³/mol. The van der Waals surface area contributed by atoms with Gasteiger partial charge in [0.15, 0.2) is 0 Å². The highest BCUT2D eigenvalue weighted by atomic mass is 35.5. The van der Waals surface area contributed by atoms with E-state index in [1.807, 2.05) is 0 Å². The summed E-state index contributed by atoms with van der Waals surface area (Å²) in [5, 5.41) is 19.7. The summed E-state index contributed by atoms with van der Waals surface area (Å²) in [7, 11) is 0. The van der Waals surface area contributed by atoms with Gasteiger partial charge in [-0.15, -0.1) is 0 Å². The van der Waals surface area contributed by atoms with Gasteiger partial charge in [0.25, 0.3) is 11.6 Å². The van der Waals surface area contributed by atoms with Gasteiger partial charge in [0.1, 0.15) is 5.02 Å². The first kappa shape index (κ1) is 15.7. The number of amides is 1. The van der Waals surface area contributed by atoms with Crippen molar-refractivity contribution in [3.8, 4) is 0 Å². The molecule has 0 bridgehead atoms. The average Bonchev–Trinajstić information content (AvgIpc) is 2.40. The maximum Gasteiger partial charge on any atom is 0.288 e.